The predicted molar refractivity (Wildman–Crippen MR) is 82.0 cm³/mol. The van der Waals surface area contributed by atoms with Gasteiger partial charge in [0.15, 0.2) is 0 Å². The molecule has 2 heterocycles. The average Bonchev–Trinajstić information content (AvgIpc) is 2.97. The molecule has 0 aliphatic rings. The molecule has 104 valence electrons. The summed E-state index contributed by atoms with van der Waals surface area (Å²) in [7, 11) is 0. The average molecular weight is 296 g/mol. The maximum atomic E-state index is 4.55. The Balaban J connectivity index is 2.04. The Morgan fingerprint density at radius 2 is 2.26 bits per heavy atom. The van der Waals surface area contributed by atoms with Gasteiger partial charge in [-0.15, -0.1) is 16.4 Å². The quantitative estimate of drug-likeness (QED) is 0.822. The highest BCUT2D eigenvalue weighted by molar-refractivity contribution is 7.99. The fourth-order valence-corrected chi connectivity index (χ4v) is 3.16. The van der Waals surface area contributed by atoms with E-state index in [9.17, 15) is 0 Å². The molecule has 2 aromatic heterocycles. The predicted octanol–water partition coefficient (Wildman–Crippen LogP) is 2.95. The van der Waals surface area contributed by atoms with Crippen molar-refractivity contribution >= 4 is 23.1 Å². The minimum absolute atomic E-state index is 0.585. The fraction of sp³-hybridized carbons (Fsp3) is 0.615. The number of rotatable bonds is 6. The number of thiazole rings is 1. The van der Waals surface area contributed by atoms with Crippen LogP contribution in [0.1, 0.15) is 35.1 Å². The van der Waals surface area contributed by atoms with Crippen molar-refractivity contribution in [3.8, 4) is 0 Å². The van der Waals surface area contributed by atoms with Gasteiger partial charge in [0.2, 0.25) is 0 Å². The first-order valence-electron chi connectivity index (χ1n) is 6.49. The molecule has 19 heavy (non-hydrogen) atoms. The lowest BCUT2D eigenvalue weighted by Gasteiger charge is -2.03. The Morgan fingerprint density at radius 3 is 2.89 bits per heavy atom. The van der Waals surface area contributed by atoms with E-state index in [0.717, 1.165) is 30.8 Å². The van der Waals surface area contributed by atoms with Crippen molar-refractivity contribution in [2.75, 3.05) is 6.26 Å². The summed E-state index contributed by atoms with van der Waals surface area (Å²) in [6.45, 7) is 7.20. The monoisotopic (exact) mass is 296 g/mol. The third kappa shape index (κ3) is 3.79. The molecule has 0 aliphatic heterocycles. The van der Waals surface area contributed by atoms with Gasteiger partial charge in [-0.05, 0) is 19.6 Å². The van der Waals surface area contributed by atoms with Crippen LogP contribution in [-0.2, 0) is 19.4 Å². The standard InChI is InChI=1S/C13H20N4S2/c1-5-13-14-10(3)12(19-13)8-17-7-11(15-16-17)6-9(2)18-4/h7,9H,5-6,8H2,1-4H3. The Labute approximate surface area is 122 Å². The Bertz CT molecular complexity index is 532. The maximum Gasteiger partial charge on any atom is 0.0928 e. The van der Waals surface area contributed by atoms with E-state index in [1.165, 1.54) is 9.88 Å². The Kier molecular flexibility index (Phi) is 4.99. The topological polar surface area (TPSA) is 43.6 Å². The highest BCUT2D eigenvalue weighted by Crippen LogP contribution is 2.19. The van der Waals surface area contributed by atoms with Crippen molar-refractivity contribution in [3.63, 3.8) is 0 Å². The zero-order valence-electron chi connectivity index (χ0n) is 11.9. The molecule has 0 aliphatic carbocycles. The van der Waals surface area contributed by atoms with Gasteiger partial charge in [-0.1, -0.05) is 19.1 Å². The van der Waals surface area contributed by atoms with Gasteiger partial charge in [0, 0.05) is 22.7 Å². The molecule has 0 radical (unpaired) electrons. The Morgan fingerprint density at radius 1 is 1.47 bits per heavy atom. The minimum atomic E-state index is 0.585. The second-order valence-electron chi connectivity index (χ2n) is 4.63. The molecule has 0 saturated carbocycles. The van der Waals surface area contributed by atoms with Gasteiger partial charge in [0.25, 0.3) is 0 Å². The maximum absolute atomic E-state index is 4.55. The van der Waals surface area contributed by atoms with Crippen molar-refractivity contribution in [1.82, 2.24) is 20.0 Å². The van der Waals surface area contributed by atoms with Crippen LogP contribution in [0, 0.1) is 6.92 Å². The van der Waals surface area contributed by atoms with Gasteiger partial charge >= 0.3 is 0 Å². The molecule has 2 aromatic rings. The van der Waals surface area contributed by atoms with Gasteiger partial charge in [0.1, 0.15) is 0 Å². The highest BCUT2D eigenvalue weighted by Gasteiger charge is 2.10. The Hall–Kier alpha value is -0.880. The molecule has 0 bridgehead atoms. The summed E-state index contributed by atoms with van der Waals surface area (Å²) in [4.78, 5) is 5.83. The fourth-order valence-electron chi connectivity index (χ4n) is 1.82. The molecule has 1 unspecified atom stereocenters. The SMILES string of the molecule is CCc1nc(C)c(Cn2cc(CC(C)SC)nn2)s1. The van der Waals surface area contributed by atoms with E-state index in [1.54, 1.807) is 11.3 Å². The molecule has 6 heteroatoms. The lowest BCUT2D eigenvalue weighted by molar-refractivity contribution is 0.652. The molecule has 0 spiro atoms. The van der Waals surface area contributed by atoms with Crippen LogP contribution in [0.25, 0.3) is 0 Å². The van der Waals surface area contributed by atoms with E-state index in [4.69, 9.17) is 0 Å². The highest BCUT2D eigenvalue weighted by atomic mass is 32.2. The zero-order valence-corrected chi connectivity index (χ0v) is 13.5. The first-order chi connectivity index (χ1) is 9.12. The minimum Gasteiger partial charge on any atom is -0.247 e. The van der Waals surface area contributed by atoms with Crippen LogP contribution in [0.5, 0.6) is 0 Å². The van der Waals surface area contributed by atoms with Crippen LogP contribution in [0.15, 0.2) is 6.20 Å². The van der Waals surface area contributed by atoms with Gasteiger partial charge in [-0.3, -0.25) is 0 Å². The van der Waals surface area contributed by atoms with Crippen LogP contribution < -0.4 is 0 Å². The molecule has 1 atom stereocenters. The molecule has 2 rings (SSSR count). The number of hydrogen-bond donors (Lipinski definition) is 0. The van der Waals surface area contributed by atoms with Crippen LogP contribution in [0.2, 0.25) is 0 Å². The first kappa shape index (κ1) is 14.5. The number of aromatic nitrogens is 4. The molecule has 0 saturated heterocycles. The van der Waals surface area contributed by atoms with E-state index in [0.29, 0.717) is 5.25 Å². The van der Waals surface area contributed by atoms with E-state index >= 15 is 0 Å². The number of nitrogens with zero attached hydrogens (tertiary/aromatic N) is 4. The van der Waals surface area contributed by atoms with Gasteiger partial charge in [0.05, 0.1) is 22.9 Å². The van der Waals surface area contributed by atoms with Gasteiger partial charge in [-0.25, -0.2) is 9.67 Å². The molecule has 4 nitrogen and oxygen atoms in total. The second kappa shape index (κ2) is 6.52. The lowest BCUT2D eigenvalue weighted by atomic mass is 10.3. The van der Waals surface area contributed by atoms with Crippen LogP contribution in [0.4, 0.5) is 0 Å². The molecule has 0 aromatic carbocycles. The summed E-state index contributed by atoms with van der Waals surface area (Å²) in [5.74, 6) is 0. The zero-order chi connectivity index (χ0) is 13.8. The van der Waals surface area contributed by atoms with Crippen molar-refractivity contribution in [3.05, 3.63) is 27.5 Å². The van der Waals surface area contributed by atoms with Crippen molar-refractivity contribution < 1.29 is 0 Å². The largest absolute Gasteiger partial charge is 0.247 e. The van der Waals surface area contributed by atoms with E-state index in [2.05, 4.69) is 48.5 Å². The van der Waals surface area contributed by atoms with Crippen molar-refractivity contribution in [2.45, 2.75) is 45.4 Å². The summed E-state index contributed by atoms with van der Waals surface area (Å²) >= 11 is 3.63. The molecule has 0 fully saturated rings. The van der Waals surface area contributed by atoms with Gasteiger partial charge in [-0.2, -0.15) is 11.8 Å². The van der Waals surface area contributed by atoms with Crippen LogP contribution in [-0.4, -0.2) is 31.5 Å². The summed E-state index contributed by atoms with van der Waals surface area (Å²) in [6, 6.07) is 0. The number of thioether (sulfide) groups is 1. The first-order valence-corrected chi connectivity index (χ1v) is 8.59. The van der Waals surface area contributed by atoms with Crippen LogP contribution in [0.3, 0.4) is 0 Å². The summed E-state index contributed by atoms with van der Waals surface area (Å²) in [5.41, 5.74) is 2.19. The third-order valence-corrected chi connectivity index (χ3v) is 5.29. The van der Waals surface area contributed by atoms with E-state index < -0.39 is 0 Å². The number of aryl methyl sites for hydroxylation is 2. The normalized spacial score (nSPS) is 12.8. The molecular weight excluding hydrogens is 276 g/mol. The van der Waals surface area contributed by atoms with E-state index in [-0.39, 0.29) is 0 Å². The molecular formula is C13H20N4S2. The summed E-state index contributed by atoms with van der Waals surface area (Å²) in [5, 5.41) is 10.2. The molecule has 0 amide bonds. The van der Waals surface area contributed by atoms with Crippen molar-refractivity contribution in [2.24, 2.45) is 0 Å². The molecule has 0 N–H and O–H groups in total. The van der Waals surface area contributed by atoms with Crippen LogP contribution >= 0.6 is 23.1 Å². The summed E-state index contributed by atoms with van der Waals surface area (Å²) < 4.78 is 1.92. The number of hydrogen-bond acceptors (Lipinski definition) is 5. The van der Waals surface area contributed by atoms with Crippen molar-refractivity contribution in [1.29, 1.82) is 0 Å². The second-order valence-corrected chi connectivity index (χ2v) is 7.07. The van der Waals surface area contributed by atoms with Gasteiger partial charge < -0.3 is 0 Å². The third-order valence-electron chi connectivity index (χ3n) is 3.03. The van der Waals surface area contributed by atoms with E-state index in [1.807, 2.05) is 16.4 Å². The smallest absolute Gasteiger partial charge is 0.0928 e. The summed E-state index contributed by atoms with van der Waals surface area (Å²) in [6.07, 6.45) is 6.15. The lowest BCUT2D eigenvalue weighted by Crippen LogP contribution is -2.01.